The summed E-state index contributed by atoms with van der Waals surface area (Å²) in [6.07, 6.45) is 0. The average molecular weight is 252 g/mol. The molecule has 0 aromatic heterocycles. The summed E-state index contributed by atoms with van der Waals surface area (Å²) < 4.78 is 5.53. The van der Waals surface area contributed by atoms with Gasteiger partial charge in [0.2, 0.25) is 5.91 Å². The molecule has 4 nitrogen and oxygen atoms in total. The van der Waals surface area contributed by atoms with E-state index in [0.29, 0.717) is 10.7 Å². The topological polar surface area (TPSA) is 78.3 Å². The number of hydrogen-bond donors (Lipinski definition) is 2. The lowest BCUT2D eigenvalue weighted by molar-refractivity contribution is -0.122. The largest absolute Gasteiger partial charge is 0.492 e. The number of aryl methyl sites for hydroxylation is 1. The lowest BCUT2D eigenvalue weighted by atomic mass is 10.1. The first kappa shape index (κ1) is 13.4. The van der Waals surface area contributed by atoms with Crippen molar-refractivity contribution in [1.82, 2.24) is 0 Å². The molecule has 1 aromatic rings. The maximum atomic E-state index is 10.9. The first-order chi connectivity index (χ1) is 7.91. The average Bonchev–Trinajstić information content (AvgIpc) is 2.26. The highest BCUT2D eigenvalue weighted by Gasteiger charge is 2.11. The molecule has 0 spiro atoms. The number of carbonyl (C=O) groups is 1. The van der Waals surface area contributed by atoms with Crippen LogP contribution >= 0.6 is 12.2 Å². The minimum atomic E-state index is -0.381. The third-order valence-electron chi connectivity index (χ3n) is 2.45. The van der Waals surface area contributed by atoms with Gasteiger partial charge in [0.25, 0.3) is 0 Å². The summed E-state index contributed by atoms with van der Waals surface area (Å²) in [5.74, 6) is -0.0422. The van der Waals surface area contributed by atoms with E-state index in [1.807, 2.05) is 19.1 Å². The normalized spacial score (nSPS) is 11.9. The number of ether oxygens (including phenoxy) is 1. The molecule has 1 rings (SSSR count). The smallest absolute Gasteiger partial charge is 0.223 e. The molecule has 1 atom stereocenters. The van der Waals surface area contributed by atoms with Crippen molar-refractivity contribution in [3.05, 3.63) is 29.3 Å². The molecule has 5 heteroatoms. The van der Waals surface area contributed by atoms with Crippen LogP contribution in [0.4, 0.5) is 0 Å². The van der Waals surface area contributed by atoms with E-state index in [4.69, 9.17) is 28.4 Å². The van der Waals surface area contributed by atoms with Crippen molar-refractivity contribution in [1.29, 1.82) is 0 Å². The fourth-order valence-electron chi connectivity index (χ4n) is 1.21. The summed E-state index contributed by atoms with van der Waals surface area (Å²) in [5, 5.41) is 0. The second kappa shape index (κ2) is 5.63. The Balaban J connectivity index is 2.79. The highest BCUT2D eigenvalue weighted by atomic mass is 32.1. The number of benzene rings is 1. The number of amides is 1. The molecule has 0 saturated heterocycles. The van der Waals surface area contributed by atoms with E-state index < -0.39 is 0 Å². The molecule has 0 radical (unpaired) electrons. The number of carbonyl (C=O) groups excluding carboxylic acids is 1. The summed E-state index contributed by atoms with van der Waals surface area (Å²) in [5.41, 5.74) is 12.4. The Morgan fingerprint density at radius 3 is 2.65 bits per heavy atom. The molecule has 0 aliphatic rings. The summed E-state index contributed by atoms with van der Waals surface area (Å²) >= 11 is 4.89. The molecular formula is C12H16N2O2S. The predicted molar refractivity (Wildman–Crippen MR) is 70.9 cm³/mol. The molecule has 0 saturated carbocycles. The van der Waals surface area contributed by atoms with Gasteiger partial charge >= 0.3 is 0 Å². The standard InChI is InChI=1S/C12H16N2O2S/c1-7-3-4-9(12(14)17)5-10(7)16-6-8(2)11(13)15/h3-5,8H,6H2,1-2H3,(H2,13,15)(H2,14,17). The van der Waals surface area contributed by atoms with Crippen LogP contribution < -0.4 is 16.2 Å². The van der Waals surface area contributed by atoms with Crippen molar-refractivity contribution in [3.63, 3.8) is 0 Å². The van der Waals surface area contributed by atoms with Crippen LogP contribution in [0.3, 0.4) is 0 Å². The van der Waals surface area contributed by atoms with Crippen LogP contribution in [0, 0.1) is 12.8 Å². The van der Waals surface area contributed by atoms with Crippen LogP contribution in [0.25, 0.3) is 0 Å². The fourth-order valence-corrected chi connectivity index (χ4v) is 1.33. The summed E-state index contributed by atoms with van der Waals surface area (Å²) in [6.45, 7) is 3.87. The first-order valence-corrected chi connectivity index (χ1v) is 5.65. The zero-order valence-corrected chi connectivity index (χ0v) is 10.7. The van der Waals surface area contributed by atoms with Gasteiger partial charge in [0, 0.05) is 5.56 Å². The Morgan fingerprint density at radius 2 is 2.12 bits per heavy atom. The SMILES string of the molecule is Cc1ccc(C(N)=S)cc1OCC(C)C(N)=O. The number of hydrogen-bond acceptors (Lipinski definition) is 3. The second-order valence-electron chi connectivity index (χ2n) is 3.96. The Kier molecular flexibility index (Phi) is 4.45. The second-order valence-corrected chi connectivity index (χ2v) is 4.40. The number of nitrogens with two attached hydrogens (primary N) is 2. The monoisotopic (exact) mass is 252 g/mol. The molecule has 0 fully saturated rings. The van der Waals surface area contributed by atoms with E-state index in [1.165, 1.54) is 0 Å². The van der Waals surface area contributed by atoms with E-state index >= 15 is 0 Å². The highest BCUT2D eigenvalue weighted by Crippen LogP contribution is 2.20. The Bertz CT molecular complexity index is 446. The molecule has 17 heavy (non-hydrogen) atoms. The van der Waals surface area contributed by atoms with Gasteiger partial charge in [-0.3, -0.25) is 4.79 Å². The molecule has 0 aliphatic heterocycles. The van der Waals surface area contributed by atoms with Crippen LogP contribution in [0.1, 0.15) is 18.1 Å². The third-order valence-corrected chi connectivity index (χ3v) is 2.68. The van der Waals surface area contributed by atoms with Gasteiger partial charge in [0.15, 0.2) is 0 Å². The molecule has 4 N–H and O–H groups in total. The van der Waals surface area contributed by atoms with E-state index in [2.05, 4.69) is 0 Å². The van der Waals surface area contributed by atoms with E-state index in [1.54, 1.807) is 13.0 Å². The first-order valence-electron chi connectivity index (χ1n) is 5.24. The maximum Gasteiger partial charge on any atom is 0.223 e. The van der Waals surface area contributed by atoms with Crippen molar-refractivity contribution < 1.29 is 9.53 Å². The summed E-state index contributed by atoms with van der Waals surface area (Å²) in [7, 11) is 0. The zero-order chi connectivity index (χ0) is 13.0. The van der Waals surface area contributed by atoms with E-state index in [9.17, 15) is 4.79 Å². The molecule has 0 bridgehead atoms. The van der Waals surface area contributed by atoms with Crippen LogP contribution in [0.15, 0.2) is 18.2 Å². The van der Waals surface area contributed by atoms with Crippen molar-refractivity contribution in [2.75, 3.05) is 6.61 Å². The van der Waals surface area contributed by atoms with Crippen molar-refractivity contribution in [2.24, 2.45) is 17.4 Å². The molecule has 0 aliphatic carbocycles. The Labute approximate surface area is 106 Å². The van der Waals surface area contributed by atoms with Gasteiger partial charge in [-0.15, -0.1) is 0 Å². The van der Waals surface area contributed by atoms with Gasteiger partial charge in [-0.05, 0) is 18.6 Å². The van der Waals surface area contributed by atoms with Crippen LogP contribution in [0.2, 0.25) is 0 Å². The minimum absolute atomic E-state index is 0.247. The highest BCUT2D eigenvalue weighted by molar-refractivity contribution is 7.80. The van der Waals surface area contributed by atoms with Crippen molar-refractivity contribution in [3.8, 4) is 5.75 Å². The molecule has 92 valence electrons. The molecule has 1 amide bonds. The number of primary amides is 1. The zero-order valence-electron chi connectivity index (χ0n) is 9.90. The Hall–Kier alpha value is -1.62. The number of thiocarbonyl (C=S) groups is 1. The van der Waals surface area contributed by atoms with Gasteiger partial charge in [-0.25, -0.2) is 0 Å². The molecular weight excluding hydrogens is 236 g/mol. The van der Waals surface area contributed by atoms with Crippen LogP contribution in [0.5, 0.6) is 5.75 Å². The molecule has 0 heterocycles. The predicted octanol–water partition coefficient (Wildman–Crippen LogP) is 1.13. The fraction of sp³-hybridized carbons (Fsp3) is 0.333. The van der Waals surface area contributed by atoms with Gasteiger partial charge in [-0.2, -0.15) is 0 Å². The number of rotatable bonds is 5. The van der Waals surface area contributed by atoms with Gasteiger partial charge < -0.3 is 16.2 Å². The third kappa shape index (κ3) is 3.71. The Morgan fingerprint density at radius 1 is 1.47 bits per heavy atom. The van der Waals surface area contributed by atoms with E-state index in [0.717, 1.165) is 11.1 Å². The van der Waals surface area contributed by atoms with E-state index in [-0.39, 0.29) is 18.4 Å². The maximum absolute atomic E-state index is 10.9. The quantitative estimate of drug-likeness (QED) is 0.770. The lowest BCUT2D eigenvalue weighted by Gasteiger charge is -2.13. The van der Waals surface area contributed by atoms with Gasteiger partial charge in [0.05, 0.1) is 12.5 Å². The lowest BCUT2D eigenvalue weighted by Crippen LogP contribution is -2.26. The molecule has 1 aromatic carbocycles. The van der Waals surface area contributed by atoms with Crippen LogP contribution in [-0.2, 0) is 4.79 Å². The molecule has 1 unspecified atom stereocenters. The van der Waals surface area contributed by atoms with Gasteiger partial charge in [0.1, 0.15) is 10.7 Å². The van der Waals surface area contributed by atoms with Crippen molar-refractivity contribution in [2.45, 2.75) is 13.8 Å². The summed E-state index contributed by atoms with van der Waals surface area (Å²) in [6, 6.07) is 5.48. The van der Waals surface area contributed by atoms with Crippen molar-refractivity contribution >= 4 is 23.1 Å². The minimum Gasteiger partial charge on any atom is -0.492 e. The van der Waals surface area contributed by atoms with Crippen LogP contribution in [-0.4, -0.2) is 17.5 Å². The summed E-state index contributed by atoms with van der Waals surface area (Å²) in [4.78, 5) is 11.2. The van der Waals surface area contributed by atoms with Gasteiger partial charge in [-0.1, -0.05) is 31.3 Å².